The number of nitrogens with one attached hydrogen (secondary N) is 1. The van der Waals surface area contributed by atoms with Crippen LogP contribution in [-0.2, 0) is 0 Å². The molecule has 4 rings (SSSR count). The van der Waals surface area contributed by atoms with Crippen LogP contribution in [0, 0.1) is 10.1 Å². The van der Waals surface area contributed by atoms with E-state index >= 15 is 0 Å². The zero-order chi connectivity index (χ0) is 19.7. The molecular formula is C20H18N4O4. The van der Waals surface area contributed by atoms with E-state index in [9.17, 15) is 14.9 Å². The number of hydrogen-bond donors (Lipinski definition) is 1. The van der Waals surface area contributed by atoms with Crippen LogP contribution in [0.5, 0.6) is 5.75 Å². The van der Waals surface area contributed by atoms with Crippen LogP contribution >= 0.6 is 0 Å². The first-order valence-corrected chi connectivity index (χ1v) is 8.85. The molecule has 2 aromatic carbocycles. The standard InChI is InChI=1S/C20H18N4O4/c1-28-17-4-2-3-13(11-17)18-12-19(20(25)21-14-5-6-14)23(22-18)15-7-9-16(10-8-15)24(26)27/h2-4,7-12,14H,5-6H2,1H3,(H,21,25). The van der Waals surface area contributed by atoms with E-state index in [-0.39, 0.29) is 17.6 Å². The van der Waals surface area contributed by atoms with E-state index in [1.54, 1.807) is 25.3 Å². The van der Waals surface area contributed by atoms with Crippen molar-refractivity contribution in [1.82, 2.24) is 15.1 Å². The number of nitrogens with zero attached hydrogens (tertiary/aromatic N) is 3. The predicted molar refractivity (Wildman–Crippen MR) is 103 cm³/mol. The first-order chi connectivity index (χ1) is 13.5. The lowest BCUT2D eigenvalue weighted by Crippen LogP contribution is -2.27. The van der Waals surface area contributed by atoms with Gasteiger partial charge in [0.1, 0.15) is 11.4 Å². The molecule has 1 amide bonds. The first kappa shape index (κ1) is 17.7. The minimum atomic E-state index is -0.463. The smallest absolute Gasteiger partial charge is 0.270 e. The van der Waals surface area contributed by atoms with Gasteiger partial charge in [-0.3, -0.25) is 14.9 Å². The fraction of sp³-hybridized carbons (Fsp3) is 0.200. The van der Waals surface area contributed by atoms with Crippen LogP contribution in [0.4, 0.5) is 5.69 Å². The molecule has 8 heteroatoms. The Hall–Kier alpha value is -3.68. The Balaban J connectivity index is 1.77. The second-order valence-corrected chi connectivity index (χ2v) is 6.58. The van der Waals surface area contributed by atoms with Crippen molar-refractivity contribution < 1.29 is 14.5 Å². The molecule has 1 saturated carbocycles. The molecule has 3 aromatic rings. The lowest BCUT2D eigenvalue weighted by Gasteiger charge is -2.07. The molecule has 8 nitrogen and oxygen atoms in total. The Kier molecular flexibility index (Phi) is 4.52. The fourth-order valence-electron chi connectivity index (χ4n) is 2.87. The Bertz CT molecular complexity index is 1040. The SMILES string of the molecule is COc1cccc(-c2cc(C(=O)NC3CC3)n(-c3ccc([N+](=O)[O-])cc3)n2)c1. The quantitative estimate of drug-likeness (QED) is 0.524. The van der Waals surface area contributed by atoms with Crippen molar-refractivity contribution in [3.05, 3.63) is 70.4 Å². The van der Waals surface area contributed by atoms with Crippen LogP contribution in [0.25, 0.3) is 16.9 Å². The van der Waals surface area contributed by atoms with Crippen molar-refractivity contribution in [2.24, 2.45) is 0 Å². The topological polar surface area (TPSA) is 99.3 Å². The maximum Gasteiger partial charge on any atom is 0.270 e. The number of nitro groups is 1. The average molecular weight is 378 g/mol. The van der Waals surface area contributed by atoms with Gasteiger partial charge in [-0.15, -0.1) is 0 Å². The monoisotopic (exact) mass is 378 g/mol. The number of amides is 1. The summed E-state index contributed by atoms with van der Waals surface area (Å²) in [5.74, 6) is 0.467. The minimum Gasteiger partial charge on any atom is -0.497 e. The third-order valence-corrected chi connectivity index (χ3v) is 4.53. The minimum absolute atomic E-state index is 0.0205. The van der Waals surface area contributed by atoms with E-state index in [0.717, 1.165) is 18.4 Å². The van der Waals surface area contributed by atoms with Gasteiger partial charge >= 0.3 is 0 Å². The largest absolute Gasteiger partial charge is 0.497 e. The van der Waals surface area contributed by atoms with Gasteiger partial charge in [0.2, 0.25) is 0 Å². The number of carbonyl (C=O) groups excluding carboxylic acids is 1. The van der Waals surface area contributed by atoms with Gasteiger partial charge in [0, 0.05) is 23.7 Å². The van der Waals surface area contributed by atoms with Gasteiger partial charge in [-0.25, -0.2) is 4.68 Å². The normalized spacial score (nSPS) is 13.2. The molecule has 28 heavy (non-hydrogen) atoms. The van der Waals surface area contributed by atoms with Gasteiger partial charge in [-0.1, -0.05) is 12.1 Å². The maximum absolute atomic E-state index is 12.7. The number of ether oxygens (including phenoxy) is 1. The van der Waals surface area contributed by atoms with Gasteiger partial charge in [0.25, 0.3) is 11.6 Å². The average Bonchev–Trinajstić information content (AvgIpc) is 3.41. The number of carbonyl (C=O) groups is 1. The molecule has 0 saturated heterocycles. The van der Waals surface area contributed by atoms with E-state index in [4.69, 9.17) is 4.74 Å². The van der Waals surface area contributed by atoms with Gasteiger partial charge in [-0.2, -0.15) is 5.10 Å². The number of hydrogen-bond acceptors (Lipinski definition) is 5. The molecular weight excluding hydrogens is 360 g/mol. The van der Waals surface area contributed by atoms with Crippen LogP contribution in [0.3, 0.4) is 0 Å². The Morgan fingerprint density at radius 3 is 2.61 bits per heavy atom. The summed E-state index contributed by atoms with van der Waals surface area (Å²) in [5.41, 5.74) is 2.34. The summed E-state index contributed by atoms with van der Waals surface area (Å²) in [6.45, 7) is 0. The maximum atomic E-state index is 12.7. The predicted octanol–water partition coefficient (Wildman–Crippen LogP) is 3.35. The summed E-state index contributed by atoms with van der Waals surface area (Å²) in [6, 6.07) is 15.3. The zero-order valence-electron chi connectivity index (χ0n) is 15.2. The molecule has 1 aliphatic rings. The summed E-state index contributed by atoms with van der Waals surface area (Å²) in [6.07, 6.45) is 1.94. The van der Waals surface area contributed by atoms with Crippen molar-refractivity contribution >= 4 is 11.6 Å². The Morgan fingerprint density at radius 2 is 1.96 bits per heavy atom. The highest BCUT2D eigenvalue weighted by Gasteiger charge is 2.26. The number of methoxy groups -OCH3 is 1. The van der Waals surface area contributed by atoms with Crippen molar-refractivity contribution in [3.8, 4) is 22.7 Å². The van der Waals surface area contributed by atoms with Gasteiger partial charge < -0.3 is 10.1 Å². The van der Waals surface area contributed by atoms with Crippen LogP contribution in [0.1, 0.15) is 23.3 Å². The molecule has 1 heterocycles. The second-order valence-electron chi connectivity index (χ2n) is 6.58. The van der Waals surface area contributed by atoms with Crippen molar-refractivity contribution in [1.29, 1.82) is 0 Å². The highest BCUT2D eigenvalue weighted by atomic mass is 16.6. The fourth-order valence-corrected chi connectivity index (χ4v) is 2.87. The molecule has 0 atom stereocenters. The molecule has 142 valence electrons. The van der Waals surface area contributed by atoms with Gasteiger partial charge in [0.15, 0.2) is 0 Å². The third kappa shape index (κ3) is 3.57. The van der Waals surface area contributed by atoms with Gasteiger partial charge in [0.05, 0.1) is 23.4 Å². The number of benzene rings is 2. The number of nitro benzene ring substituents is 1. The molecule has 0 unspecified atom stereocenters. The summed E-state index contributed by atoms with van der Waals surface area (Å²) >= 11 is 0. The van der Waals surface area contributed by atoms with E-state index in [1.807, 2.05) is 24.3 Å². The highest BCUT2D eigenvalue weighted by molar-refractivity contribution is 5.94. The molecule has 1 aliphatic carbocycles. The van der Waals surface area contributed by atoms with E-state index in [2.05, 4.69) is 10.4 Å². The van der Waals surface area contributed by atoms with Crippen molar-refractivity contribution in [2.75, 3.05) is 7.11 Å². The molecule has 0 bridgehead atoms. The van der Waals surface area contributed by atoms with Crippen LogP contribution in [0.2, 0.25) is 0 Å². The first-order valence-electron chi connectivity index (χ1n) is 8.85. The molecule has 0 radical (unpaired) electrons. The van der Waals surface area contributed by atoms with E-state index in [0.29, 0.717) is 22.8 Å². The zero-order valence-corrected chi connectivity index (χ0v) is 15.2. The number of aromatic nitrogens is 2. The van der Waals surface area contributed by atoms with Crippen LogP contribution in [0.15, 0.2) is 54.6 Å². The van der Waals surface area contributed by atoms with Crippen LogP contribution < -0.4 is 10.1 Å². The summed E-state index contributed by atoms with van der Waals surface area (Å²) in [5, 5.41) is 18.5. The molecule has 0 spiro atoms. The van der Waals surface area contributed by atoms with E-state index < -0.39 is 4.92 Å². The summed E-state index contributed by atoms with van der Waals surface area (Å²) < 4.78 is 6.77. The highest BCUT2D eigenvalue weighted by Crippen LogP contribution is 2.27. The number of non-ortho nitro benzene ring substituents is 1. The lowest BCUT2D eigenvalue weighted by atomic mass is 10.1. The molecule has 1 aromatic heterocycles. The molecule has 1 fully saturated rings. The van der Waals surface area contributed by atoms with Crippen molar-refractivity contribution in [2.45, 2.75) is 18.9 Å². The molecule has 0 aliphatic heterocycles. The summed E-state index contributed by atoms with van der Waals surface area (Å²) in [7, 11) is 1.59. The molecule has 1 N–H and O–H groups in total. The summed E-state index contributed by atoms with van der Waals surface area (Å²) in [4.78, 5) is 23.2. The van der Waals surface area contributed by atoms with Crippen LogP contribution in [-0.4, -0.2) is 33.8 Å². The third-order valence-electron chi connectivity index (χ3n) is 4.53. The van der Waals surface area contributed by atoms with Crippen molar-refractivity contribution in [3.63, 3.8) is 0 Å². The number of rotatable bonds is 6. The van der Waals surface area contributed by atoms with Gasteiger partial charge in [-0.05, 0) is 43.2 Å². The van der Waals surface area contributed by atoms with E-state index in [1.165, 1.54) is 16.8 Å². The second kappa shape index (κ2) is 7.15. The lowest BCUT2D eigenvalue weighted by molar-refractivity contribution is -0.384. The Labute approximate surface area is 160 Å². The Morgan fingerprint density at radius 1 is 1.21 bits per heavy atom.